The summed E-state index contributed by atoms with van der Waals surface area (Å²) in [6.07, 6.45) is 4.31. The first-order chi connectivity index (χ1) is 12.2. The van der Waals surface area contributed by atoms with E-state index in [2.05, 4.69) is 14.9 Å². The maximum absolute atomic E-state index is 12.4. The Morgan fingerprint density at radius 1 is 1.12 bits per heavy atom. The lowest BCUT2D eigenvalue weighted by Crippen LogP contribution is -2.35. The van der Waals surface area contributed by atoms with Gasteiger partial charge in [0.25, 0.3) is 5.56 Å². The second-order valence-corrected chi connectivity index (χ2v) is 6.60. The van der Waals surface area contributed by atoms with Gasteiger partial charge in [0.15, 0.2) is 0 Å². The number of aromatic nitrogens is 3. The van der Waals surface area contributed by atoms with Gasteiger partial charge in [-0.25, -0.2) is 4.98 Å². The number of nitrogens with one attached hydrogen (secondary N) is 1. The first-order valence-corrected chi connectivity index (χ1v) is 8.56. The summed E-state index contributed by atoms with van der Waals surface area (Å²) in [6, 6.07) is 11.4. The van der Waals surface area contributed by atoms with E-state index in [4.69, 9.17) is 16.6 Å². The third-order valence-electron chi connectivity index (χ3n) is 4.43. The number of halogens is 1. The fourth-order valence-corrected chi connectivity index (χ4v) is 3.25. The number of rotatable bonds is 3. The molecule has 0 atom stereocenters. The summed E-state index contributed by atoms with van der Waals surface area (Å²) < 4.78 is 0. The highest BCUT2D eigenvalue weighted by Crippen LogP contribution is 2.21. The zero-order chi connectivity index (χ0) is 17.2. The van der Waals surface area contributed by atoms with Gasteiger partial charge in [-0.15, -0.1) is 0 Å². The molecule has 25 heavy (non-hydrogen) atoms. The zero-order valence-corrected chi connectivity index (χ0v) is 14.3. The molecule has 0 fully saturated rings. The van der Waals surface area contributed by atoms with Crippen molar-refractivity contribution >= 4 is 11.6 Å². The maximum Gasteiger partial charge on any atom is 0.254 e. The molecule has 4 rings (SSSR count). The molecule has 0 saturated heterocycles. The number of hydrogen-bond acceptors (Lipinski definition) is 4. The number of fused-ring (bicyclic) bond motifs is 1. The minimum absolute atomic E-state index is 0.0430. The second-order valence-electron chi connectivity index (χ2n) is 6.16. The van der Waals surface area contributed by atoms with Crippen LogP contribution in [0, 0.1) is 0 Å². The lowest BCUT2D eigenvalue weighted by atomic mass is 10.1. The summed E-state index contributed by atoms with van der Waals surface area (Å²) in [4.78, 5) is 26.4. The summed E-state index contributed by atoms with van der Waals surface area (Å²) in [5.41, 5.74) is 3.67. The molecule has 126 valence electrons. The predicted octanol–water partition coefficient (Wildman–Crippen LogP) is 3.04. The Hall–Kier alpha value is -2.50. The van der Waals surface area contributed by atoms with Crippen LogP contribution in [0.5, 0.6) is 0 Å². The molecule has 0 aliphatic carbocycles. The molecule has 0 unspecified atom stereocenters. The van der Waals surface area contributed by atoms with E-state index < -0.39 is 0 Å². The van der Waals surface area contributed by atoms with Crippen LogP contribution in [0.4, 0.5) is 0 Å². The van der Waals surface area contributed by atoms with E-state index in [0.717, 1.165) is 29.9 Å². The van der Waals surface area contributed by atoms with Gasteiger partial charge in [0.1, 0.15) is 5.82 Å². The summed E-state index contributed by atoms with van der Waals surface area (Å²) in [7, 11) is 0. The van der Waals surface area contributed by atoms with Crippen LogP contribution in [-0.2, 0) is 19.5 Å². The van der Waals surface area contributed by atoms with Gasteiger partial charge in [0.05, 0.1) is 5.69 Å². The third kappa shape index (κ3) is 3.48. The van der Waals surface area contributed by atoms with Crippen LogP contribution < -0.4 is 5.56 Å². The standard InChI is InChI=1S/C19H17ClN4O/c20-15-3-1-14(2-4-15)18-22-17-12-24(10-7-16(17)19(25)23-18)11-13-5-8-21-9-6-13/h1-6,8-9H,7,10-12H2,(H,22,23,25). The smallest absolute Gasteiger partial charge is 0.254 e. The number of H-pyrrole nitrogens is 1. The Bertz CT molecular complexity index is 938. The highest BCUT2D eigenvalue weighted by molar-refractivity contribution is 6.30. The van der Waals surface area contributed by atoms with Crippen LogP contribution in [-0.4, -0.2) is 26.4 Å². The first kappa shape index (κ1) is 16.0. The van der Waals surface area contributed by atoms with Crippen molar-refractivity contribution in [2.24, 2.45) is 0 Å². The second kappa shape index (κ2) is 6.78. The van der Waals surface area contributed by atoms with Crippen LogP contribution in [0.1, 0.15) is 16.8 Å². The largest absolute Gasteiger partial charge is 0.306 e. The molecule has 1 aliphatic rings. The van der Waals surface area contributed by atoms with Crippen molar-refractivity contribution in [3.05, 3.63) is 81.0 Å². The van der Waals surface area contributed by atoms with E-state index in [1.807, 2.05) is 24.3 Å². The normalized spacial score (nSPS) is 14.3. The van der Waals surface area contributed by atoms with Gasteiger partial charge in [0, 0.05) is 48.2 Å². The van der Waals surface area contributed by atoms with Gasteiger partial charge in [-0.2, -0.15) is 0 Å². The summed E-state index contributed by atoms with van der Waals surface area (Å²) in [6.45, 7) is 2.34. The fraction of sp³-hybridized carbons (Fsp3) is 0.211. The summed E-state index contributed by atoms with van der Waals surface area (Å²) in [5, 5.41) is 0.660. The van der Waals surface area contributed by atoms with Crippen molar-refractivity contribution < 1.29 is 0 Å². The maximum atomic E-state index is 12.4. The van der Waals surface area contributed by atoms with Crippen molar-refractivity contribution in [2.75, 3.05) is 6.54 Å². The Kier molecular flexibility index (Phi) is 4.34. The average Bonchev–Trinajstić information content (AvgIpc) is 2.63. The van der Waals surface area contributed by atoms with Crippen molar-refractivity contribution in [2.45, 2.75) is 19.5 Å². The molecular weight excluding hydrogens is 336 g/mol. The molecule has 5 nitrogen and oxygen atoms in total. The molecule has 0 spiro atoms. The van der Waals surface area contributed by atoms with Gasteiger partial charge in [0.2, 0.25) is 0 Å². The zero-order valence-electron chi connectivity index (χ0n) is 13.6. The SMILES string of the molecule is O=c1[nH]c(-c2ccc(Cl)cc2)nc2c1CCN(Cc1ccncc1)C2. The molecule has 0 amide bonds. The van der Waals surface area contributed by atoms with E-state index in [9.17, 15) is 4.79 Å². The highest BCUT2D eigenvalue weighted by atomic mass is 35.5. The lowest BCUT2D eigenvalue weighted by molar-refractivity contribution is 0.240. The van der Waals surface area contributed by atoms with Crippen LogP contribution in [0.25, 0.3) is 11.4 Å². The summed E-state index contributed by atoms with van der Waals surface area (Å²) >= 11 is 5.94. The molecule has 1 aliphatic heterocycles. The van der Waals surface area contributed by atoms with Gasteiger partial charge in [-0.05, 0) is 48.4 Å². The summed E-state index contributed by atoms with van der Waals surface area (Å²) in [5.74, 6) is 0.589. The monoisotopic (exact) mass is 352 g/mol. The minimum Gasteiger partial charge on any atom is -0.306 e. The number of aromatic amines is 1. The van der Waals surface area contributed by atoms with E-state index in [-0.39, 0.29) is 5.56 Å². The van der Waals surface area contributed by atoms with Crippen molar-refractivity contribution in [3.8, 4) is 11.4 Å². The van der Waals surface area contributed by atoms with Crippen LogP contribution >= 0.6 is 11.6 Å². The van der Waals surface area contributed by atoms with Gasteiger partial charge >= 0.3 is 0 Å². The number of pyridine rings is 1. The Morgan fingerprint density at radius 2 is 1.88 bits per heavy atom. The molecule has 0 radical (unpaired) electrons. The van der Waals surface area contributed by atoms with Crippen molar-refractivity contribution in [1.82, 2.24) is 19.9 Å². The number of nitrogens with zero attached hydrogens (tertiary/aromatic N) is 3. The van der Waals surface area contributed by atoms with E-state index in [0.29, 0.717) is 23.8 Å². The van der Waals surface area contributed by atoms with Gasteiger partial charge in [-0.3, -0.25) is 14.7 Å². The quantitative estimate of drug-likeness (QED) is 0.787. The average molecular weight is 353 g/mol. The molecule has 1 N–H and O–H groups in total. The van der Waals surface area contributed by atoms with Crippen LogP contribution in [0.15, 0.2) is 53.6 Å². The molecular formula is C19H17ClN4O. The Labute approximate surface area is 150 Å². The van der Waals surface area contributed by atoms with E-state index in [1.54, 1.807) is 24.5 Å². The molecule has 3 heterocycles. The third-order valence-corrected chi connectivity index (χ3v) is 4.68. The lowest BCUT2D eigenvalue weighted by Gasteiger charge is -2.27. The van der Waals surface area contributed by atoms with Crippen molar-refractivity contribution in [3.63, 3.8) is 0 Å². The molecule has 0 saturated carbocycles. The van der Waals surface area contributed by atoms with Gasteiger partial charge in [-0.1, -0.05) is 11.6 Å². The Balaban J connectivity index is 1.62. The molecule has 1 aromatic carbocycles. The van der Waals surface area contributed by atoms with Gasteiger partial charge < -0.3 is 4.98 Å². The highest BCUT2D eigenvalue weighted by Gasteiger charge is 2.21. The van der Waals surface area contributed by atoms with Crippen LogP contribution in [0.3, 0.4) is 0 Å². The predicted molar refractivity (Wildman–Crippen MR) is 97.4 cm³/mol. The minimum atomic E-state index is -0.0430. The molecule has 3 aromatic rings. The van der Waals surface area contributed by atoms with E-state index in [1.165, 1.54) is 5.56 Å². The topological polar surface area (TPSA) is 61.9 Å². The first-order valence-electron chi connectivity index (χ1n) is 8.18. The molecule has 0 bridgehead atoms. The Morgan fingerprint density at radius 3 is 2.64 bits per heavy atom. The molecule has 6 heteroatoms. The number of benzene rings is 1. The van der Waals surface area contributed by atoms with Crippen LogP contribution in [0.2, 0.25) is 5.02 Å². The number of hydrogen-bond donors (Lipinski definition) is 1. The molecule has 2 aromatic heterocycles. The fourth-order valence-electron chi connectivity index (χ4n) is 3.12. The van der Waals surface area contributed by atoms with Crippen molar-refractivity contribution in [1.29, 1.82) is 0 Å². The van der Waals surface area contributed by atoms with E-state index >= 15 is 0 Å².